The number of aromatic nitrogens is 3. The van der Waals surface area contributed by atoms with Gasteiger partial charge in [-0.25, -0.2) is 4.98 Å². The van der Waals surface area contributed by atoms with E-state index in [1.165, 1.54) is 13.1 Å². The predicted molar refractivity (Wildman–Crippen MR) is 68.3 cm³/mol. The number of amides is 2. The van der Waals surface area contributed by atoms with E-state index in [0.29, 0.717) is 17.2 Å². The van der Waals surface area contributed by atoms with E-state index in [9.17, 15) is 9.59 Å². The van der Waals surface area contributed by atoms with E-state index in [-0.39, 0.29) is 18.4 Å². The third-order valence-electron chi connectivity index (χ3n) is 2.33. The zero-order valence-electron chi connectivity index (χ0n) is 10.3. The Kier molecular flexibility index (Phi) is 3.87. The number of hydrogen-bond donors (Lipinski definition) is 3. The summed E-state index contributed by atoms with van der Waals surface area (Å²) in [5.74, 6) is -0.0566. The van der Waals surface area contributed by atoms with Crippen LogP contribution in [0.4, 0.5) is 5.95 Å². The van der Waals surface area contributed by atoms with Crippen LogP contribution in [0.5, 0.6) is 0 Å². The number of aromatic amines is 1. The molecule has 0 aliphatic rings. The summed E-state index contributed by atoms with van der Waals surface area (Å²) in [5, 5.41) is 5.23. The topological polar surface area (TPSA) is 99.8 Å². The predicted octanol–water partition coefficient (Wildman–Crippen LogP) is 0.693. The number of hydrogen-bond acceptors (Lipinski definition) is 4. The second-order valence-corrected chi connectivity index (χ2v) is 3.84. The highest BCUT2D eigenvalue weighted by Gasteiger charge is 2.08. The molecule has 98 valence electrons. The first-order valence-electron chi connectivity index (χ1n) is 5.65. The van der Waals surface area contributed by atoms with Gasteiger partial charge in [0, 0.05) is 31.1 Å². The highest BCUT2D eigenvalue weighted by Crippen LogP contribution is 2.05. The molecule has 0 bridgehead atoms. The summed E-state index contributed by atoms with van der Waals surface area (Å²) < 4.78 is 0. The van der Waals surface area contributed by atoms with Crippen molar-refractivity contribution in [1.29, 1.82) is 0 Å². The Bertz CT molecular complexity index is 580. The lowest BCUT2D eigenvalue weighted by Gasteiger charge is -2.05. The first-order chi connectivity index (χ1) is 9.15. The van der Waals surface area contributed by atoms with Crippen LogP contribution < -0.4 is 10.6 Å². The van der Waals surface area contributed by atoms with Gasteiger partial charge in [0.05, 0.1) is 12.2 Å². The highest BCUT2D eigenvalue weighted by molar-refractivity contribution is 6.03. The van der Waals surface area contributed by atoms with Crippen LogP contribution in [0.15, 0.2) is 30.7 Å². The smallest absolute Gasteiger partial charge is 0.258 e. The maximum atomic E-state index is 11.9. The molecule has 0 aliphatic heterocycles. The van der Waals surface area contributed by atoms with Crippen molar-refractivity contribution in [2.75, 3.05) is 5.32 Å². The normalized spacial score (nSPS) is 9.95. The average molecular weight is 259 g/mol. The van der Waals surface area contributed by atoms with Crippen molar-refractivity contribution in [2.45, 2.75) is 13.5 Å². The molecule has 0 saturated heterocycles. The Balaban J connectivity index is 2.05. The lowest BCUT2D eigenvalue weighted by Crippen LogP contribution is -2.20. The van der Waals surface area contributed by atoms with Crippen LogP contribution in [0.25, 0.3) is 0 Å². The molecule has 7 heteroatoms. The van der Waals surface area contributed by atoms with Crippen molar-refractivity contribution in [3.8, 4) is 0 Å². The number of nitrogens with zero attached hydrogens (tertiary/aromatic N) is 2. The molecule has 0 atom stereocenters. The summed E-state index contributed by atoms with van der Waals surface area (Å²) in [7, 11) is 0. The number of imidazole rings is 1. The molecule has 2 aromatic rings. The quantitative estimate of drug-likeness (QED) is 0.752. The van der Waals surface area contributed by atoms with Crippen molar-refractivity contribution >= 4 is 17.8 Å². The third kappa shape index (κ3) is 3.63. The second-order valence-electron chi connectivity index (χ2n) is 3.84. The number of H-pyrrole nitrogens is 1. The first kappa shape index (κ1) is 12.7. The second kappa shape index (κ2) is 5.76. The molecule has 0 aliphatic carbocycles. The Labute approximate surface area is 109 Å². The van der Waals surface area contributed by atoms with E-state index >= 15 is 0 Å². The molecular formula is C12H13N5O2. The fourth-order valence-electron chi connectivity index (χ4n) is 1.44. The summed E-state index contributed by atoms with van der Waals surface area (Å²) in [6.07, 6.45) is 4.68. The Morgan fingerprint density at radius 2 is 2.16 bits per heavy atom. The minimum absolute atomic E-state index is 0.146. The molecule has 2 heterocycles. The maximum absolute atomic E-state index is 11.9. The fourth-order valence-corrected chi connectivity index (χ4v) is 1.44. The van der Waals surface area contributed by atoms with Gasteiger partial charge in [0.15, 0.2) is 0 Å². The van der Waals surface area contributed by atoms with E-state index in [4.69, 9.17) is 0 Å². The van der Waals surface area contributed by atoms with Crippen molar-refractivity contribution < 1.29 is 9.59 Å². The molecule has 0 fully saturated rings. The number of nitrogens with one attached hydrogen (secondary N) is 3. The van der Waals surface area contributed by atoms with Crippen molar-refractivity contribution in [2.24, 2.45) is 0 Å². The van der Waals surface area contributed by atoms with Crippen molar-refractivity contribution in [3.63, 3.8) is 0 Å². The van der Waals surface area contributed by atoms with Crippen LogP contribution in [0, 0.1) is 0 Å². The van der Waals surface area contributed by atoms with Crippen LogP contribution in [-0.2, 0) is 11.3 Å². The van der Waals surface area contributed by atoms with Gasteiger partial charge in [-0.1, -0.05) is 0 Å². The van der Waals surface area contributed by atoms with Crippen molar-refractivity contribution in [3.05, 3.63) is 42.0 Å². The highest BCUT2D eigenvalue weighted by atomic mass is 16.2. The molecule has 0 aromatic carbocycles. The Hall–Kier alpha value is -2.70. The molecule has 0 spiro atoms. The summed E-state index contributed by atoms with van der Waals surface area (Å²) in [6, 6.07) is 3.21. The number of carbonyl (C=O) groups excluding carboxylic acids is 2. The van der Waals surface area contributed by atoms with Gasteiger partial charge >= 0.3 is 0 Å². The summed E-state index contributed by atoms with van der Waals surface area (Å²) in [5.41, 5.74) is 1.06. The molecule has 2 rings (SSSR count). The SMILES string of the molecule is CC(=O)NCc1cc(C(=O)Nc2ncc[nH]2)ccn1. The van der Waals surface area contributed by atoms with Gasteiger partial charge in [-0.05, 0) is 12.1 Å². The van der Waals surface area contributed by atoms with Gasteiger partial charge in [0.2, 0.25) is 11.9 Å². The van der Waals surface area contributed by atoms with Gasteiger partial charge < -0.3 is 10.3 Å². The van der Waals surface area contributed by atoms with Gasteiger partial charge in [-0.3, -0.25) is 19.9 Å². The first-order valence-corrected chi connectivity index (χ1v) is 5.65. The third-order valence-corrected chi connectivity index (χ3v) is 2.33. The number of anilines is 1. The lowest BCUT2D eigenvalue weighted by atomic mass is 10.2. The van der Waals surface area contributed by atoms with E-state index in [0.717, 1.165) is 0 Å². The van der Waals surface area contributed by atoms with Crippen LogP contribution in [0.1, 0.15) is 23.0 Å². The van der Waals surface area contributed by atoms with Gasteiger partial charge in [-0.15, -0.1) is 0 Å². The summed E-state index contributed by atoms with van der Waals surface area (Å²) in [4.78, 5) is 33.5. The monoisotopic (exact) mass is 259 g/mol. The molecule has 0 saturated carbocycles. The minimum atomic E-state index is -0.290. The van der Waals surface area contributed by atoms with E-state index in [1.54, 1.807) is 24.5 Å². The van der Waals surface area contributed by atoms with Crippen LogP contribution in [0.3, 0.4) is 0 Å². The minimum Gasteiger partial charge on any atom is -0.351 e. The van der Waals surface area contributed by atoms with Crippen LogP contribution >= 0.6 is 0 Å². The molecule has 19 heavy (non-hydrogen) atoms. The average Bonchev–Trinajstić information content (AvgIpc) is 2.89. The lowest BCUT2D eigenvalue weighted by molar-refractivity contribution is -0.119. The molecule has 0 radical (unpaired) electrons. The van der Waals surface area contributed by atoms with Crippen molar-refractivity contribution in [1.82, 2.24) is 20.3 Å². The molecule has 3 N–H and O–H groups in total. The number of carbonyl (C=O) groups is 2. The molecule has 2 aromatic heterocycles. The van der Waals surface area contributed by atoms with Gasteiger partial charge in [0.25, 0.3) is 5.91 Å². The molecule has 2 amide bonds. The molecular weight excluding hydrogens is 246 g/mol. The summed E-state index contributed by atoms with van der Waals surface area (Å²) >= 11 is 0. The molecule has 7 nitrogen and oxygen atoms in total. The van der Waals surface area contributed by atoms with E-state index in [2.05, 4.69) is 25.6 Å². The Morgan fingerprint density at radius 1 is 1.32 bits per heavy atom. The number of pyridine rings is 1. The largest absolute Gasteiger partial charge is 0.351 e. The van der Waals surface area contributed by atoms with Gasteiger partial charge in [-0.2, -0.15) is 0 Å². The van der Waals surface area contributed by atoms with E-state index in [1.807, 2.05) is 0 Å². The standard InChI is InChI=1S/C12H13N5O2/c1-8(18)16-7-10-6-9(2-3-13-10)11(19)17-12-14-4-5-15-12/h2-6H,7H2,1H3,(H,16,18)(H2,14,15,17,19). The van der Waals surface area contributed by atoms with Crippen LogP contribution in [0.2, 0.25) is 0 Å². The van der Waals surface area contributed by atoms with Crippen LogP contribution in [-0.4, -0.2) is 26.8 Å². The van der Waals surface area contributed by atoms with Gasteiger partial charge in [0.1, 0.15) is 0 Å². The van der Waals surface area contributed by atoms with E-state index < -0.39 is 0 Å². The Morgan fingerprint density at radius 3 is 2.84 bits per heavy atom. The maximum Gasteiger partial charge on any atom is 0.258 e. The summed E-state index contributed by atoms with van der Waals surface area (Å²) in [6.45, 7) is 1.71. The number of rotatable bonds is 4. The zero-order valence-corrected chi connectivity index (χ0v) is 10.3. The molecule has 0 unspecified atom stereocenters. The fraction of sp³-hybridized carbons (Fsp3) is 0.167. The zero-order chi connectivity index (χ0) is 13.7.